The second kappa shape index (κ2) is 5.83. The van der Waals surface area contributed by atoms with Gasteiger partial charge in [0.1, 0.15) is 5.69 Å². The van der Waals surface area contributed by atoms with E-state index in [0.29, 0.717) is 17.3 Å². The molecule has 21 heavy (non-hydrogen) atoms. The van der Waals surface area contributed by atoms with Gasteiger partial charge in [-0.1, -0.05) is 11.6 Å². The summed E-state index contributed by atoms with van der Waals surface area (Å²) in [5.74, 6) is 0. The van der Waals surface area contributed by atoms with E-state index in [9.17, 15) is 10.1 Å². The number of nitro groups is 1. The number of rotatable bonds is 4. The number of nitrogens with zero attached hydrogens (tertiary/aromatic N) is 3. The van der Waals surface area contributed by atoms with Crippen LogP contribution >= 0.6 is 11.6 Å². The molecule has 6 nitrogen and oxygen atoms in total. The lowest BCUT2D eigenvalue weighted by Gasteiger charge is -2.19. The average molecular weight is 309 g/mol. The molecule has 1 aromatic heterocycles. The maximum Gasteiger partial charge on any atom is 0.296 e. The van der Waals surface area contributed by atoms with Crippen LogP contribution < -0.4 is 5.32 Å². The molecular weight excluding hydrogens is 292 g/mol. The second-order valence-corrected chi connectivity index (χ2v) is 6.18. The first-order valence-corrected chi connectivity index (χ1v) is 6.88. The van der Waals surface area contributed by atoms with E-state index < -0.39 is 4.92 Å². The van der Waals surface area contributed by atoms with Crippen LogP contribution in [0, 0.1) is 10.1 Å². The van der Waals surface area contributed by atoms with Crippen molar-refractivity contribution in [3.8, 4) is 5.69 Å². The number of nitro benzene ring substituents is 1. The summed E-state index contributed by atoms with van der Waals surface area (Å²) in [7, 11) is 0. The summed E-state index contributed by atoms with van der Waals surface area (Å²) in [4.78, 5) is 10.6. The Kier molecular flexibility index (Phi) is 4.29. The van der Waals surface area contributed by atoms with Crippen LogP contribution in [0.15, 0.2) is 30.5 Å². The molecule has 0 radical (unpaired) electrons. The van der Waals surface area contributed by atoms with Crippen molar-refractivity contribution in [1.29, 1.82) is 0 Å². The third-order valence-electron chi connectivity index (χ3n) is 2.83. The van der Waals surface area contributed by atoms with Gasteiger partial charge in [0, 0.05) is 29.4 Å². The topological polar surface area (TPSA) is 73.0 Å². The predicted octanol–water partition coefficient (Wildman–Crippen LogP) is 3.32. The molecule has 0 spiro atoms. The van der Waals surface area contributed by atoms with Crippen LogP contribution in [0.3, 0.4) is 0 Å². The van der Waals surface area contributed by atoms with Gasteiger partial charge in [-0.05, 0) is 39.0 Å². The average Bonchev–Trinajstić information content (AvgIpc) is 2.84. The smallest absolute Gasteiger partial charge is 0.296 e. The van der Waals surface area contributed by atoms with Crippen molar-refractivity contribution in [3.63, 3.8) is 0 Å². The zero-order chi connectivity index (χ0) is 15.6. The van der Waals surface area contributed by atoms with Crippen molar-refractivity contribution in [3.05, 3.63) is 51.3 Å². The van der Waals surface area contributed by atoms with Gasteiger partial charge < -0.3 is 5.32 Å². The molecule has 1 aromatic carbocycles. The monoisotopic (exact) mass is 308 g/mol. The molecule has 2 aromatic rings. The zero-order valence-electron chi connectivity index (χ0n) is 12.1. The lowest BCUT2D eigenvalue weighted by atomic mass is 10.1. The first-order valence-electron chi connectivity index (χ1n) is 6.50. The molecule has 2 rings (SSSR count). The highest BCUT2D eigenvalue weighted by molar-refractivity contribution is 6.30. The van der Waals surface area contributed by atoms with Gasteiger partial charge in [0.2, 0.25) is 0 Å². The molecular formula is C14H17ClN4O2. The molecule has 0 saturated carbocycles. The van der Waals surface area contributed by atoms with Gasteiger partial charge in [-0.2, -0.15) is 5.10 Å². The highest BCUT2D eigenvalue weighted by Crippen LogP contribution is 2.26. The largest absolute Gasteiger partial charge is 0.306 e. The maximum absolute atomic E-state index is 11.1. The molecule has 0 fully saturated rings. The fraction of sp³-hybridized carbons (Fsp3) is 0.357. The Bertz CT molecular complexity index is 661. The Hall–Kier alpha value is -1.92. The third kappa shape index (κ3) is 4.03. The maximum atomic E-state index is 11.1. The summed E-state index contributed by atoms with van der Waals surface area (Å²) in [6, 6.07) is 6.36. The predicted molar refractivity (Wildman–Crippen MR) is 81.8 cm³/mol. The van der Waals surface area contributed by atoms with Crippen molar-refractivity contribution < 1.29 is 4.92 Å². The van der Waals surface area contributed by atoms with E-state index in [2.05, 4.69) is 31.2 Å². The Balaban J connectivity index is 2.28. The van der Waals surface area contributed by atoms with Crippen LogP contribution in [-0.2, 0) is 6.54 Å². The van der Waals surface area contributed by atoms with Gasteiger partial charge in [-0.25, -0.2) is 4.68 Å². The molecule has 0 aliphatic carbocycles. The SMILES string of the molecule is CC(C)(C)NCc1ccn(-c2ccc(Cl)cc2[N+](=O)[O-])n1. The highest BCUT2D eigenvalue weighted by Gasteiger charge is 2.17. The van der Waals surface area contributed by atoms with E-state index in [0.717, 1.165) is 5.69 Å². The number of halogens is 1. The molecule has 1 N–H and O–H groups in total. The van der Waals surface area contributed by atoms with E-state index in [1.54, 1.807) is 18.3 Å². The van der Waals surface area contributed by atoms with E-state index in [1.807, 2.05) is 6.07 Å². The normalized spacial score (nSPS) is 11.6. The molecule has 0 atom stereocenters. The van der Waals surface area contributed by atoms with Gasteiger partial charge in [0.05, 0.1) is 10.6 Å². The van der Waals surface area contributed by atoms with Crippen molar-refractivity contribution in [2.75, 3.05) is 0 Å². The number of hydrogen-bond acceptors (Lipinski definition) is 4. The van der Waals surface area contributed by atoms with Crippen molar-refractivity contribution >= 4 is 17.3 Å². The standard InChI is InChI=1S/C14H17ClN4O2/c1-14(2,3)16-9-11-6-7-18(17-11)12-5-4-10(15)8-13(12)19(20)21/h4-8,16H,9H2,1-3H3. The minimum atomic E-state index is -0.462. The second-order valence-electron chi connectivity index (χ2n) is 5.75. The summed E-state index contributed by atoms with van der Waals surface area (Å²) in [6.07, 6.45) is 1.70. The Labute approximate surface area is 127 Å². The van der Waals surface area contributed by atoms with Gasteiger partial charge >= 0.3 is 0 Å². The van der Waals surface area contributed by atoms with Gasteiger partial charge in [-0.15, -0.1) is 0 Å². The summed E-state index contributed by atoms with van der Waals surface area (Å²) in [5, 5.41) is 19.1. The summed E-state index contributed by atoms with van der Waals surface area (Å²) >= 11 is 5.81. The van der Waals surface area contributed by atoms with E-state index in [-0.39, 0.29) is 11.2 Å². The molecule has 0 aliphatic heterocycles. The summed E-state index contributed by atoms with van der Waals surface area (Å²) < 4.78 is 1.49. The van der Waals surface area contributed by atoms with Crippen molar-refractivity contribution in [2.45, 2.75) is 32.9 Å². The minimum absolute atomic E-state index is 0.0178. The molecule has 0 amide bonds. The van der Waals surface area contributed by atoms with Crippen LogP contribution in [0.2, 0.25) is 5.02 Å². The minimum Gasteiger partial charge on any atom is -0.306 e. The van der Waals surface area contributed by atoms with Crippen LogP contribution in [0.25, 0.3) is 5.69 Å². The molecule has 0 aliphatic rings. The molecule has 1 heterocycles. The lowest BCUT2D eigenvalue weighted by Crippen LogP contribution is -2.35. The van der Waals surface area contributed by atoms with Crippen LogP contribution in [0.5, 0.6) is 0 Å². The Morgan fingerprint density at radius 2 is 2.10 bits per heavy atom. The zero-order valence-corrected chi connectivity index (χ0v) is 12.9. The summed E-state index contributed by atoms with van der Waals surface area (Å²) in [6.45, 7) is 6.79. The van der Waals surface area contributed by atoms with Crippen LogP contribution in [0.4, 0.5) is 5.69 Å². The first-order chi connectivity index (χ1) is 9.76. The third-order valence-corrected chi connectivity index (χ3v) is 3.06. The first kappa shape index (κ1) is 15.5. The Morgan fingerprint density at radius 3 is 2.71 bits per heavy atom. The van der Waals surface area contributed by atoms with E-state index in [1.165, 1.54) is 10.7 Å². The molecule has 7 heteroatoms. The van der Waals surface area contributed by atoms with Crippen LogP contribution in [-0.4, -0.2) is 20.2 Å². The van der Waals surface area contributed by atoms with E-state index in [4.69, 9.17) is 11.6 Å². The molecule has 0 bridgehead atoms. The number of aromatic nitrogens is 2. The Morgan fingerprint density at radius 1 is 1.38 bits per heavy atom. The van der Waals surface area contributed by atoms with Crippen molar-refractivity contribution in [2.24, 2.45) is 0 Å². The van der Waals surface area contributed by atoms with E-state index >= 15 is 0 Å². The summed E-state index contributed by atoms with van der Waals surface area (Å²) in [5.41, 5.74) is 1.12. The number of nitrogens with one attached hydrogen (secondary N) is 1. The highest BCUT2D eigenvalue weighted by atomic mass is 35.5. The van der Waals surface area contributed by atoms with Crippen molar-refractivity contribution in [1.82, 2.24) is 15.1 Å². The molecule has 0 saturated heterocycles. The lowest BCUT2D eigenvalue weighted by molar-refractivity contribution is -0.384. The quantitative estimate of drug-likeness (QED) is 0.694. The number of benzene rings is 1. The number of hydrogen-bond donors (Lipinski definition) is 1. The van der Waals surface area contributed by atoms with Gasteiger partial charge in [0.15, 0.2) is 0 Å². The van der Waals surface area contributed by atoms with Gasteiger partial charge in [-0.3, -0.25) is 10.1 Å². The van der Waals surface area contributed by atoms with Crippen LogP contribution in [0.1, 0.15) is 26.5 Å². The fourth-order valence-corrected chi connectivity index (χ4v) is 1.95. The molecule has 112 valence electrons. The molecule has 0 unspecified atom stereocenters. The van der Waals surface area contributed by atoms with Gasteiger partial charge in [0.25, 0.3) is 5.69 Å². The fourth-order valence-electron chi connectivity index (χ4n) is 1.78.